The lowest BCUT2D eigenvalue weighted by Crippen LogP contribution is -2.43. The summed E-state index contributed by atoms with van der Waals surface area (Å²) < 4.78 is 1.49. The molecule has 0 atom stereocenters. The number of aromatic nitrogens is 2. The van der Waals surface area contributed by atoms with E-state index in [1.54, 1.807) is 6.20 Å². The minimum atomic E-state index is -0.741. The standard InChI is InChI=1S/C13H22N4O2/c14-11-7-16-17(8-11)9-12(18)15-10-13(19)5-3-1-2-4-6-13/h7-8,19H,1-6,9-10,14H2,(H,15,18). The normalized spacial score (nSPS) is 18.8. The first-order chi connectivity index (χ1) is 9.07. The van der Waals surface area contributed by atoms with Crippen LogP contribution in [0.2, 0.25) is 0 Å². The van der Waals surface area contributed by atoms with Crippen molar-refractivity contribution in [3.63, 3.8) is 0 Å². The van der Waals surface area contributed by atoms with Crippen LogP contribution in [0, 0.1) is 0 Å². The quantitative estimate of drug-likeness (QED) is 0.698. The van der Waals surface area contributed by atoms with E-state index in [-0.39, 0.29) is 12.5 Å². The Morgan fingerprint density at radius 2 is 2.11 bits per heavy atom. The Morgan fingerprint density at radius 1 is 1.42 bits per heavy atom. The highest BCUT2D eigenvalue weighted by atomic mass is 16.3. The second-order valence-electron chi connectivity index (χ2n) is 5.39. The molecule has 106 valence electrons. The van der Waals surface area contributed by atoms with E-state index in [0.29, 0.717) is 12.2 Å². The van der Waals surface area contributed by atoms with Crippen LogP contribution in [0.5, 0.6) is 0 Å². The highest BCUT2D eigenvalue weighted by molar-refractivity contribution is 5.75. The molecule has 19 heavy (non-hydrogen) atoms. The van der Waals surface area contributed by atoms with Crippen LogP contribution in [-0.2, 0) is 11.3 Å². The number of hydrogen-bond donors (Lipinski definition) is 3. The summed E-state index contributed by atoms with van der Waals surface area (Å²) in [5, 5.41) is 17.2. The topological polar surface area (TPSA) is 93.2 Å². The number of nitrogen functional groups attached to an aromatic ring is 1. The van der Waals surface area contributed by atoms with Gasteiger partial charge in [-0.25, -0.2) is 0 Å². The molecule has 0 aromatic carbocycles. The molecule has 0 unspecified atom stereocenters. The average molecular weight is 266 g/mol. The molecule has 1 aliphatic rings. The van der Waals surface area contributed by atoms with Crippen LogP contribution in [-0.4, -0.2) is 32.9 Å². The first-order valence-electron chi connectivity index (χ1n) is 6.84. The zero-order chi connectivity index (χ0) is 13.7. The molecule has 4 N–H and O–H groups in total. The van der Waals surface area contributed by atoms with Crippen molar-refractivity contribution < 1.29 is 9.90 Å². The summed E-state index contributed by atoms with van der Waals surface area (Å²) in [7, 11) is 0. The van der Waals surface area contributed by atoms with Crippen LogP contribution in [0.4, 0.5) is 5.69 Å². The Balaban J connectivity index is 1.79. The molecule has 1 heterocycles. The molecule has 1 aromatic heterocycles. The third-order valence-corrected chi connectivity index (χ3v) is 3.61. The van der Waals surface area contributed by atoms with Crippen molar-refractivity contribution in [2.24, 2.45) is 0 Å². The van der Waals surface area contributed by atoms with Gasteiger partial charge in [0.2, 0.25) is 5.91 Å². The molecule has 6 heteroatoms. The molecule has 0 saturated heterocycles. The van der Waals surface area contributed by atoms with Crippen LogP contribution < -0.4 is 11.1 Å². The second-order valence-corrected chi connectivity index (χ2v) is 5.39. The number of nitrogens with two attached hydrogens (primary N) is 1. The number of amides is 1. The molecule has 1 amide bonds. The summed E-state index contributed by atoms with van der Waals surface area (Å²) in [6, 6.07) is 0. The van der Waals surface area contributed by atoms with Gasteiger partial charge in [0.25, 0.3) is 0 Å². The van der Waals surface area contributed by atoms with E-state index in [4.69, 9.17) is 5.73 Å². The van der Waals surface area contributed by atoms with Gasteiger partial charge in [0.15, 0.2) is 0 Å². The Bertz CT molecular complexity index is 422. The summed E-state index contributed by atoms with van der Waals surface area (Å²) in [6.07, 6.45) is 9.05. The van der Waals surface area contributed by atoms with E-state index < -0.39 is 5.60 Å². The van der Waals surface area contributed by atoms with Gasteiger partial charge in [0.05, 0.1) is 17.5 Å². The first-order valence-corrected chi connectivity index (χ1v) is 6.84. The number of hydrogen-bond acceptors (Lipinski definition) is 4. The van der Waals surface area contributed by atoms with Gasteiger partial charge in [-0.05, 0) is 12.8 Å². The number of carbonyl (C=O) groups is 1. The van der Waals surface area contributed by atoms with E-state index in [2.05, 4.69) is 10.4 Å². The molecular formula is C13H22N4O2. The maximum Gasteiger partial charge on any atom is 0.241 e. The van der Waals surface area contributed by atoms with Crippen molar-refractivity contribution in [2.45, 2.75) is 50.7 Å². The Morgan fingerprint density at radius 3 is 2.68 bits per heavy atom. The molecule has 6 nitrogen and oxygen atoms in total. The third kappa shape index (κ3) is 4.24. The lowest BCUT2D eigenvalue weighted by atomic mass is 9.94. The largest absolute Gasteiger partial charge is 0.396 e. The van der Waals surface area contributed by atoms with Gasteiger partial charge in [-0.1, -0.05) is 25.7 Å². The lowest BCUT2D eigenvalue weighted by molar-refractivity contribution is -0.123. The average Bonchev–Trinajstić information content (AvgIpc) is 2.64. The van der Waals surface area contributed by atoms with Gasteiger partial charge in [-0.2, -0.15) is 5.10 Å². The second kappa shape index (κ2) is 6.06. The third-order valence-electron chi connectivity index (χ3n) is 3.61. The smallest absolute Gasteiger partial charge is 0.241 e. The monoisotopic (exact) mass is 266 g/mol. The molecular weight excluding hydrogens is 244 g/mol. The fourth-order valence-corrected chi connectivity index (χ4v) is 2.50. The summed E-state index contributed by atoms with van der Waals surface area (Å²) in [5.74, 6) is -0.152. The molecule has 1 aliphatic carbocycles. The number of nitrogens with zero attached hydrogens (tertiary/aromatic N) is 2. The van der Waals surface area contributed by atoms with Crippen LogP contribution >= 0.6 is 0 Å². The molecule has 0 radical (unpaired) electrons. The summed E-state index contributed by atoms with van der Waals surface area (Å²) in [5.41, 5.74) is 5.32. The predicted molar refractivity (Wildman–Crippen MR) is 72.3 cm³/mol. The van der Waals surface area contributed by atoms with Gasteiger partial charge in [0.1, 0.15) is 6.54 Å². The molecule has 0 bridgehead atoms. The molecule has 0 spiro atoms. The van der Waals surface area contributed by atoms with Crippen LogP contribution in [0.1, 0.15) is 38.5 Å². The van der Waals surface area contributed by atoms with Gasteiger partial charge >= 0.3 is 0 Å². The molecule has 0 aliphatic heterocycles. The van der Waals surface area contributed by atoms with Crippen LogP contribution in [0.15, 0.2) is 12.4 Å². The van der Waals surface area contributed by atoms with Gasteiger partial charge < -0.3 is 16.2 Å². The van der Waals surface area contributed by atoms with Crippen molar-refractivity contribution in [2.75, 3.05) is 12.3 Å². The lowest BCUT2D eigenvalue weighted by Gasteiger charge is -2.26. The fraction of sp³-hybridized carbons (Fsp3) is 0.692. The molecule has 1 aromatic rings. The minimum absolute atomic E-state index is 0.132. The van der Waals surface area contributed by atoms with Crippen molar-refractivity contribution in [1.29, 1.82) is 0 Å². The van der Waals surface area contributed by atoms with Gasteiger partial charge in [0, 0.05) is 12.7 Å². The SMILES string of the molecule is Nc1cnn(CC(=O)NCC2(O)CCCCCC2)c1. The van der Waals surface area contributed by atoms with Crippen molar-refractivity contribution in [1.82, 2.24) is 15.1 Å². The van der Waals surface area contributed by atoms with Crippen molar-refractivity contribution >= 4 is 11.6 Å². The molecule has 1 saturated carbocycles. The fourth-order valence-electron chi connectivity index (χ4n) is 2.50. The highest BCUT2D eigenvalue weighted by Crippen LogP contribution is 2.26. The van der Waals surface area contributed by atoms with E-state index in [9.17, 15) is 9.90 Å². The maximum absolute atomic E-state index is 11.8. The van der Waals surface area contributed by atoms with Crippen molar-refractivity contribution in [3.05, 3.63) is 12.4 Å². The van der Waals surface area contributed by atoms with Crippen LogP contribution in [0.25, 0.3) is 0 Å². The first kappa shape index (κ1) is 13.9. The maximum atomic E-state index is 11.8. The Hall–Kier alpha value is -1.56. The van der Waals surface area contributed by atoms with Gasteiger partial charge in [-0.15, -0.1) is 0 Å². The zero-order valence-electron chi connectivity index (χ0n) is 11.1. The Kier molecular flexibility index (Phi) is 4.42. The Labute approximate surface area is 113 Å². The summed E-state index contributed by atoms with van der Waals surface area (Å²) in [6.45, 7) is 0.454. The summed E-state index contributed by atoms with van der Waals surface area (Å²) in [4.78, 5) is 11.8. The number of carbonyl (C=O) groups excluding carboxylic acids is 1. The summed E-state index contributed by atoms with van der Waals surface area (Å²) >= 11 is 0. The molecule has 1 fully saturated rings. The van der Waals surface area contributed by atoms with E-state index in [1.807, 2.05) is 0 Å². The minimum Gasteiger partial charge on any atom is -0.396 e. The van der Waals surface area contributed by atoms with E-state index in [0.717, 1.165) is 25.7 Å². The number of nitrogens with one attached hydrogen (secondary N) is 1. The van der Waals surface area contributed by atoms with Crippen molar-refractivity contribution in [3.8, 4) is 0 Å². The van der Waals surface area contributed by atoms with E-state index >= 15 is 0 Å². The predicted octanol–water partition coefficient (Wildman–Crippen LogP) is 0.667. The number of rotatable bonds is 4. The highest BCUT2D eigenvalue weighted by Gasteiger charge is 2.28. The van der Waals surface area contributed by atoms with Gasteiger partial charge in [-0.3, -0.25) is 9.48 Å². The van der Waals surface area contributed by atoms with E-state index in [1.165, 1.54) is 23.7 Å². The number of aliphatic hydroxyl groups is 1. The molecule has 2 rings (SSSR count). The van der Waals surface area contributed by atoms with Crippen LogP contribution in [0.3, 0.4) is 0 Å². The zero-order valence-corrected chi connectivity index (χ0v) is 11.1. The number of anilines is 1.